The minimum absolute atomic E-state index is 0.0669. The van der Waals surface area contributed by atoms with Crippen molar-refractivity contribution in [3.8, 4) is 17.6 Å². The Morgan fingerprint density at radius 1 is 1.07 bits per heavy atom. The molecular weight excluding hydrogens is 366 g/mol. The van der Waals surface area contributed by atoms with Gasteiger partial charge in [0.15, 0.2) is 6.61 Å². The zero-order valence-electron chi connectivity index (χ0n) is 17.2. The first kappa shape index (κ1) is 22.3. The number of ether oxygens (including phenoxy) is 2. The molecule has 6 heteroatoms. The fraction of sp³-hybridized carbons (Fsp3) is 0.391. The summed E-state index contributed by atoms with van der Waals surface area (Å²) in [6.07, 6.45) is 0.358. The lowest BCUT2D eigenvalue weighted by atomic mass is 10.2. The Labute approximate surface area is 173 Å². The summed E-state index contributed by atoms with van der Waals surface area (Å²) in [7, 11) is 0. The maximum absolute atomic E-state index is 12.1. The van der Waals surface area contributed by atoms with Gasteiger partial charge in [-0.2, -0.15) is 5.26 Å². The van der Waals surface area contributed by atoms with Crippen LogP contribution in [0.25, 0.3) is 0 Å². The predicted molar refractivity (Wildman–Crippen MR) is 113 cm³/mol. The van der Waals surface area contributed by atoms with Crippen LogP contribution < -0.4 is 14.8 Å². The first-order chi connectivity index (χ1) is 14.2. The standard InChI is InChI=1S/C23H29N3O3/c1-3-26(4-2)15-16-28-22-8-6-5-7-20(22)17-25-23(27)18-29-21-11-9-19(10-12-21)13-14-24/h5-12H,3-4,13,15-18H2,1-2H3,(H,25,27). The third-order valence-electron chi connectivity index (χ3n) is 4.58. The van der Waals surface area contributed by atoms with E-state index in [1.807, 2.05) is 36.4 Å². The molecule has 154 valence electrons. The molecule has 1 amide bonds. The van der Waals surface area contributed by atoms with E-state index in [0.717, 1.165) is 36.5 Å². The second kappa shape index (κ2) is 12.4. The molecule has 0 aromatic heterocycles. The summed E-state index contributed by atoms with van der Waals surface area (Å²) >= 11 is 0. The maximum Gasteiger partial charge on any atom is 0.258 e. The molecule has 0 unspecified atom stereocenters. The van der Waals surface area contributed by atoms with E-state index in [1.165, 1.54) is 0 Å². The highest BCUT2D eigenvalue weighted by Crippen LogP contribution is 2.18. The van der Waals surface area contributed by atoms with Crippen LogP contribution in [0.3, 0.4) is 0 Å². The van der Waals surface area contributed by atoms with E-state index in [4.69, 9.17) is 14.7 Å². The van der Waals surface area contributed by atoms with Crippen LogP contribution in [-0.2, 0) is 17.8 Å². The van der Waals surface area contributed by atoms with Crippen molar-refractivity contribution in [2.24, 2.45) is 0 Å². The lowest BCUT2D eigenvalue weighted by Crippen LogP contribution is -2.29. The fourth-order valence-electron chi connectivity index (χ4n) is 2.80. The summed E-state index contributed by atoms with van der Waals surface area (Å²) < 4.78 is 11.4. The lowest BCUT2D eigenvalue weighted by Gasteiger charge is -2.19. The van der Waals surface area contributed by atoms with Gasteiger partial charge in [-0.3, -0.25) is 4.79 Å². The third kappa shape index (κ3) is 7.84. The van der Waals surface area contributed by atoms with E-state index >= 15 is 0 Å². The third-order valence-corrected chi connectivity index (χ3v) is 4.58. The number of benzene rings is 2. The average molecular weight is 396 g/mol. The van der Waals surface area contributed by atoms with Crippen molar-refractivity contribution in [2.75, 3.05) is 32.8 Å². The van der Waals surface area contributed by atoms with Gasteiger partial charge in [0.2, 0.25) is 0 Å². The Morgan fingerprint density at radius 2 is 1.79 bits per heavy atom. The molecule has 0 radical (unpaired) electrons. The zero-order chi connectivity index (χ0) is 20.9. The Kier molecular flexibility index (Phi) is 9.53. The number of nitriles is 1. The van der Waals surface area contributed by atoms with Gasteiger partial charge < -0.3 is 19.7 Å². The molecule has 2 aromatic carbocycles. The smallest absolute Gasteiger partial charge is 0.258 e. The van der Waals surface area contributed by atoms with Gasteiger partial charge in [0.1, 0.15) is 18.1 Å². The first-order valence-electron chi connectivity index (χ1n) is 9.94. The van der Waals surface area contributed by atoms with Gasteiger partial charge in [0.25, 0.3) is 5.91 Å². The van der Waals surface area contributed by atoms with E-state index < -0.39 is 0 Å². The predicted octanol–water partition coefficient (Wildman–Crippen LogP) is 3.17. The zero-order valence-corrected chi connectivity index (χ0v) is 17.2. The number of rotatable bonds is 12. The molecule has 0 bridgehead atoms. The van der Waals surface area contributed by atoms with Crippen LogP contribution in [0.1, 0.15) is 25.0 Å². The maximum atomic E-state index is 12.1. The molecule has 0 aliphatic heterocycles. The van der Waals surface area contributed by atoms with E-state index in [2.05, 4.69) is 30.1 Å². The summed E-state index contributed by atoms with van der Waals surface area (Å²) in [5.41, 5.74) is 1.85. The Morgan fingerprint density at radius 3 is 2.48 bits per heavy atom. The number of hydrogen-bond acceptors (Lipinski definition) is 5. The van der Waals surface area contributed by atoms with Crippen LogP contribution in [0, 0.1) is 11.3 Å². The van der Waals surface area contributed by atoms with Gasteiger partial charge >= 0.3 is 0 Å². The van der Waals surface area contributed by atoms with Crippen molar-refractivity contribution in [3.05, 3.63) is 59.7 Å². The number of nitrogens with zero attached hydrogens (tertiary/aromatic N) is 2. The molecule has 0 saturated heterocycles. The SMILES string of the molecule is CCN(CC)CCOc1ccccc1CNC(=O)COc1ccc(CC#N)cc1. The number of amides is 1. The number of hydrogen-bond donors (Lipinski definition) is 1. The number of nitrogens with one attached hydrogen (secondary N) is 1. The molecule has 0 heterocycles. The molecule has 29 heavy (non-hydrogen) atoms. The minimum atomic E-state index is -0.205. The molecule has 0 aliphatic carbocycles. The first-order valence-corrected chi connectivity index (χ1v) is 9.94. The minimum Gasteiger partial charge on any atom is -0.492 e. The molecule has 0 saturated carbocycles. The fourth-order valence-corrected chi connectivity index (χ4v) is 2.80. The summed E-state index contributed by atoms with van der Waals surface area (Å²) in [6, 6.07) is 17.0. The highest BCUT2D eigenvalue weighted by atomic mass is 16.5. The molecule has 0 spiro atoms. The van der Waals surface area contributed by atoms with Crippen molar-refractivity contribution in [1.82, 2.24) is 10.2 Å². The van der Waals surface area contributed by atoms with Gasteiger partial charge in [-0.15, -0.1) is 0 Å². The highest BCUT2D eigenvalue weighted by molar-refractivity contribution is 5.77. The normalized spacial score (nSPS) is 10.4. The molecule has 0 aliphatic rings. The number of carbonyl (C=O) groups is 1. The van der Waals surface area contributed by atoms with Crippen LogP contribution in [0.4, 0.5) is 0 Å². The molecule has 0 fully saturated rings. The van der Waals surface area contributed by atoms with E-state index in [0.29, 0.717) is 25.3 Å². The molecule has 1 N–H and O–H groups in total. The number of likely N-dealkylation sites (N-methyl/N-ethyl adjacent to an activating group) is 1. The van der Waals surface area contributed by atoms with Crippen LogP contribution in [-0.4, -0.2) is 43.7 Å². The van der Waals surface area contributed by atoms with Gasteiger partial charge in [0.05, 0.1) is 12.5 Å². The second-order valence-electron chi connectivity index (χ2n) is 6.53. The van der Waals surface area contributed by atoms with Crippen LogP contribution >= 0.6 is 0 Å². The Hall–Kier alpha value is -3.04. The molecule has 6 nitrogen and oxygen atoms in total. The van der Waals surface area contributed by atoms with E-state index in [9.17, 15) is 4.79 Å². The summed E-state index contributed by atoms with van der Waals surface area (Å²) in [4.78, 5) is 14.4. The summed E-state index contributed by atoms with van der Waals surface area (Å²) in [5, 5.41) is 11.6. The quantitative estimate of drug-likeness (QED) is 0.597. The van der Waals surface area contributed by atoms with E-state index in [1.54, 1.807) is 12.1 Å². The number of carbonyl (C=O) groups excluding carboxylic acids is 1. The van der Waals surface area contributed by atoms with Crippen molar-refractivity contribution in [3.63, 3.8) is 0 Å². The molecule has 0 atom stereocenters. The van der Waals surface area contributed by atoms with Crippen LogP contribution in [0.5, 0.6) is 11.5 Å². The molecule has 2 rings (SSSR count). The van der Waals surface area contributed by atoms with Crippen molar-refractivity contribution in [2.45, 2.75) is 26.8 Å². The van der Waals surface area contributed by atoms with Crippen molar-refractivity contribution < 1.29 is 14.3 Å². The van der Waals surface area contributed by atoms with Crippen LogP contribution in [0.15, 0.2) is 48.5 Å². The summed E-state index contributed by atoms with van der Waals surface area (Å²) in [6.45, 7) is 8.06. The van der Waals surface area contributed by atoms with Gasteiger partial charge in [0, 0.05) is 18.7 Å². The lowest BCUT2D eigenvalue weighted by molar-refractivity contribution is -0.123. The average Bonchev–Trinajstić information content (AvgIpc) is 2.75. The Balaban J connectivity index is 1.78. The Bertz CT molecular complexity index is 796. The number of para-hydroxylation sites is 1. The molecular formula is C23H29N3O3. The van der Waals surface area contributed by atoms with Crippen molar-refractivity contribution >= 4 is 5.91 Å². The highest BCUT2D eigenvalue weighted by Gasteiger charge is 2.08. The second-order valence-corrected chi connectivity index (χ2v) is 6.53. The van der Waals surface area contributed by atoms with E-state index in [-0.39, 0.29) is 12.5 Å². The molecule has 2 aromatic rings. The van der Waals surface area contributed by atoms with Gasteiger partial charge in [-0.1, -0.05) is 44.2 Å². The van der Waals surface area contributed by atoms with Crippen LogP contribution in [0.2, 0.25) is 0 Å². The van der Waals surface area contributed by atoms with Gasteiger partial charge in [-0.05, 0) is 36.9 Å². The summed E-state index contributed by atoms with van der Waals surface area (Å²) in [5.74, 6) is 1.18. The van der Waals surface area contributed by atoms with Gasteiger partial charge in [-0.25, -0.2) is 0 Å². The topological polar surface area (TPSA) is 74.6 Å². The largest absolute Gasteiger partial charge is 0.492 e. The van der Waals surface area contributed by atoms with Crippen molar-refractivity contribution in [1.29, 1.82) is 5.26 Å². The monoisotopic (exact) mass is 395 g/mol.